The Morgan fingerprint density at radius 1 is 0.755 bits per heavy atom. The molecule has 3 saturated carbocycles. The number of ether oxygens (including phenoxy) is 1. The van der Waals surface area contributed by atoms with Crippen molar-refractivity contribution < 1.29 is 27.7 Å². The maximum Gasteiger partial charge on any atom is 0.472 e. The second-order valence-corrected chi connectivity index (χ2v) is 21.9. The molecule has 0 amide bonds. The van der Waals surface area contributed by atoms with E-state index >= 15 is 0 Å². The van der Waals surface area contributed by atoms with Crippen LogP contribution in [0.4, 0.5) is 0 Å². The van der Waals surface area contributed by atoms with E-state index in [4.69, 9.17) is 13.8 Å². The van der Waals surface area contributed by atoms with Crippen molar-refractivity contribution in [3.8, 4) is 0 Å². The Balaban J connectivity index is 1.02. The number of allylic oxidation sites excluding steroid dienone is 1. The van der Waals surface area contributed by atoms with Gasteiger partial charge in [-0.25, -0.2) is 4.57 Å². The molecule has 0 bridgehead atoms. The molecule has 0 aromatic carbocycles. The van der Waals surface area contributed by atoms with Crippen LogP contribution in [0.25, 0.3) is 0 Å². The minimum absolute atomic E-state index is 0.293. The molecule has 4 aliphatic rings. The highest BCUT2D eigenvalue weighted by atomic mass is 31.2. The summed E-state index contributed by atoms with van der Waals surface area (Å²) >= 11 is 0. The van der Waals surface area contributed by atoms with Crippen LogP contribution in [0.1, 0.15) is 182 Å². The van der Waals surface area contributed by atoms with Crippen LogP contribution in [0.5, 0.6) is 0 Å². The Bertz CT molecular complexity index is 1140. The lowest BCUT2D eigenvalue weighted by Gasteiger charge is -2.58. The number of unbranched alkanes of at least 4 members (excludes halogenated alkanes) is 10. The van der Waals surface area contributed by atoms with Crippen LogP contribution in [-0.4, -0.2) is 63.0 Å². The van der Waals surface area contributed by atoms with Gasteiger partial charge in [0.25, 0.3) is 0 Å². The molecule has 0 saturated heterocycles. The van der Waals surface area contributed by atoms with Gasteiger partial charge in [0, 0.05) is 6.61 Å². The monoisotopic (exact) mass is 765 g/mol. The highest BCUT2D eigenvalue weighted by molar-refractivity contribution is 7.47. The maximum atomic E-state index is 12.1. The molecule has 1 unspecified atom stereocenters. The topological polar surface area (TPSA) is 65.0 Å². The lowest BCUT2D eigenvalue weighted by atomic mass is 9.47. The fraction of sp³-hybridized carbons (Fsp3) is 0.957. The van der Waals surface area contributed by atoms with Crippen LogP contribution in [-0.2, 0) is 18.3 Å². The molecule has 9 atom stereocenters. The fourth-order valence-corrected chi connectivity index (χ4v) is 12.5. The Hall–Kier alpha value is -0.230. The van der Waals surface area contributed by atoms with Gasteiger partial charge in [0.2, 0.25) is 0 Å². The van der Waals surface area contributed by atoms with E-state index < -0.39 is 7.82 Å². The predicted molar refractivity (Wildman–Crippen MR) is 223 cm³/mol. The maximum absolute atomic E-state index is 12.1. The van der Waals surface area contributed by atoms with Crippen molar-refractivity contribution in [1.82, 2.24) is 0 Å². The molecule has 6 nitrogen and oxygen atoms in total. The van der Waals surface area contributed by atoms with E-state index in [2.05, 4.69) is 61.8 Å². The molecule has 0 radical (unpaired) electrons. The molecule has 53 heavy (non-hydrogen) atoms. The molecule has 4 aliphatic carbocycles. The van der Waals surface area contributed by atoms with Gasteiger partial charge < -0.3 is 14.1 Å². The second kappa shape index (κ2) is 21.5. The average molecular weight is 765 g/mol. The molecule has 0 aliphatic heterocycles. The normalized spacial score (nSPS) is 31.8. The summed E-state index contributed by atoms with van der Waals surface area (Å²) in [6.45, 7) is 15.4. The van der Waals surface area contributed by atoms with E-state index in [0.29, 0.717) is 30.1 Å². The van der Waals surface area contributed by atoms with Gasteiger partial charge in [-0.3, -0.25) is 9.05 Å². The summed E-state index contributed by atoms with van der Waals surface area (Å²) in [4.78, 5) is 9.94. The van der Waals surface area contributed by atoms with Gasteiger partial charge >= 0.3 is 7.82 Å². The van der Waals surface area contributed by atoms with E-state index in [1.54, 1.807) is 5.57 Å². The third-order valence-corrected chi connectivity index (χ3v) is 15.9. The smallest absolute Gasteiger partial charge is 0.378 e. The quantitative estimate of drug-likeness (QED) is 0.0411. The number of hydrogen-bond donors (Lipinski definition) is 1. The zero-order chi connectivity index (χ0) is 38.5. The van der Waals surface area contributed by atoms with Gasteiger partial charge in [-0.1, -0.05) is 110 Å². The summed E-state index contributed by atoms with van der Waals surface area (Å²) in [5, 5.41) is 0. The zero-order valence-corrected chi connectivity index (χ0v) is 37.1. The van der Waals surface area contributed by atoms with Gasteiger partial charge in [-0.15, -0.1) is 0 Å². The molecule has 0 aromatic heterocycles. The molecule has 7 heteroatoms. The molecule has 0 heterocycles. The van der Waals surface area contributed by atoms with Gasteiger partial charge in [-0.05, 0) is 130 Å². The Kier molecular flexibility index (Phi) is 18.5. The van der Waals surface area contributed by atoms with Crippen molar-refractivity contribution in [2.75, 3.05) is 47.5 Å². The van der Waals surface area contributed by atoms with E-state index in [-0.39, 0.29) is 0 Å². The molecule has 3 fully saturated rings. The lowest BCUT2D eigenvalue weighted by molar-refractivity contribution is -0.870. The van der Waals surface area contributed by atoms with Crippen molar-refractivity contribution in [3.63, 3.8) is 0 Å². The largest absolute Gasteiger partial charge is 0.472 e. The first-order chi connectivity index (χ1) is 25.1. The van der Waals surface area contributed by atoms with Gasteiger partial charge in [0.05, 0.1) is 47.0 Å². The zero-order valence-electron chi connectivity index (χ0n) is 36.2. The number of rotatable bonds is 26. The third kappa shape index (κ3) is 14.0. The molecule has 1 N–H and O–H groups in total. The molecular weight excluding hydrogens is 677 g/mol. The third-order valence-electron chi connectivity index (χ3n) is 14.9. The van der Waals surface area contributed by atoms with Crippen molar-refractivity contribution in [3.05, 3.63) is 11.6 Å². The number of nitrogens with zero attached hydrogens (tertiary/aromatic N) is 1. The van der Waals surface area contributed by atoms with E-state index in [1.165, 1.54) is 109 Å². The Morgan fingerprint density at radius 2 is 1.36 bits per heavy atom. The standard InChI is InChI=1S/C46H86NO5P/c1-37(2)22-21-23-38(3)42-26-27-43-41-25-24-39-36-40(28-30-45(39,4)44(41)29-31-46(42,43)5)50-33-18-14-11-9-10-12-15-19-34-51-53(48,49)52-35-20-16-13-17-32-47(6,7)8/h24,37-38,40-44H,9-23,25-36H2,1-8H3/p+1/t38-,40+,41+,42-,43+,44+,45+,46-/m1/s1. The summed E-state index contributed by atoms with van der Waals surface area (Å²) in [7, 11) is 2.69. The van der Waals surface area contributed by atoms with E-state index in [9.17, 15) is 9.46 Å². The fourth-order valence-electron chi connectivity index (χ4n) is 11.7. The summed E-state index contributed by atoms with van der Waals surface area (Å²) in [5.41, 5.74) is 2.74. The second-order valence-electron chi connectivity index (χ2n) is 20.4. The summed E-state index contributed by atoms with van der Waals surface area (Å²) in [6.07, 6.45) is 31.6. The number of fused-ring (bicyclic) bond motifs is 5. The molecule has 4 rings (SSSR count). The van der Waals surface area contributed by atoms with Gasteiger partial charge in [0.15, 0.2) is 0 Å². The SMILES string of the molecule is CC(C)CCC[C@@H](C)[C@H]1CC[C@H]2[C@@H]3CC=C4C[C@@H](OCCCCCCCCCCOP(=O)(O)OCCCCCC[N+](C)(C)C)CC[C@]4(C)[C@H]3CC[C@]12C. The molecular formula is C46H87NO5P+. The first-order valence-electron chi connectivity index (χ1n) is 22.9. The Morgan fingerprint density at radius 3 is 1.98 bits per heavy atom. The first-order valence-corrected chi connectivity index (χ1v) is 24.4. The molecule has 0 aromatic rings. The number of quaternary nitrogens is 1. The highest BCUT2D eigenvalue weighted by Crippen LogP contribution is 2.67. The number of phosphoric acid groups is 1. The summed E-state index contributed by atoms with van der Waals surface area (Å²) < 4.78 is 30.0. The predicted octanol–water partition coefficient (Wildman–Crippen LogP) is 12.9. The van der Waals surface area contributed by atoms with Gasteiger partial charge in [-0.2, -0.15) is 0 Å². The van der Waals surface area contributed by atoms with Crippen LogP contribution < -0.4 is 0 Å². The number of hydrogen-bond acceptors (Lipinski definition) is 4. The number of phosphoric ester groups is 1. The highest BCUT2D eigenvalue weighted by Gasteiger charge is 2.59. The summed E-state index contributed by atoms with van der Waals surface area (Å²) in [6, 6.07) is 0. The van der Waals surface area contributed by atoms with Crippen LogP contribution in [0, 0.1) is 46.3 Å². The van der Waals surface area contributed by atoms with Crippen LogP contribution >= 0.6 is 7.82 Å². The Labute approximate surface area is 328 Å². The molecule has 0 spiro atoms. The van der Waals surface area contributed by atoms with Crippen LogP contribution in [0.3, 0.4) is 0 Å². The van der Waals surface area contributed by atoms with E-state index in [0.717, 1.165) is 91.7 Å². The lowest BCUT2D eigenvalue weighted by Crippen LogP contribution is -2.51. The van der Waals surface area contributed by atoms with Crippen molar-refractivity contribution in [2.24, 2.45) is 46.3 Å². The van der Waals surface area contributed by atoms with Gasteiger partial charge in [0.1, 0.15) is 0 Å². The molecule has 310 valence electrons. The summed E-state index contributed by atoms with van der Waals surface area (Å²) in [5.74, 6) is 5.41. The van der Waals surface area contributed by atoms with Crippen molar-refractivity contribution in [2.45, 2.75) is 188 Å². The van der Waals surface area contributed by atoms with Crippen LogP contribution in [0.15, 0.2) is 11.6 Å². The van der Waals surface area contributed by atoms with Crippen molar-refractivity contribution >= 4 is 7.82 Å². The first kappa shape index (κ1) is 45.5. The van der Waals surface area contributed by atoms with E-state index in [1.807, 2.05) is 0 Å². The van der Waals surface area contributed by atoms with Crippen molar-refractivity contribution in [1.29, 1.82) is 0 Å². The minimum Gasteiger partial charge on any atom is -0.378 e. The van der Waals surface area contributed by atoms with Crippen LogP contribution in [0.2, 0.25) is 0 Å². The average Bonchev–Trinajstić information content (AvgIpc) is 3.45. The minimum atomic E-state index is -3.91.